The fraction of sp³-hybridized carbons (Fsp3) is 0.714. The molecule has 1 amide bonds. The molecule has 0 bridgehead atoms. The summed E-state index contributed by atoms with van der Waals surface area (Å²) in [6.45, 7) is 2.00. The molecule has 0 fully saturated rings. The van der Waals surface area contributed by atoms with Crippen LogP contribution in [0.2, 0.25) is 0 Å². The lowest BCUT2D eigenvalue weighted by molar-refractivity contribution is -0.189. The Balaban J connectivity index is 4.74. The van der Waals surface area contributed by atoms with Crippen molar-refractivity contribution in [3.8, 4) is 0 Å². The Kier molecular flexibility index (Phi) is 3.91. The zero-order valence-corrected chi connectivity index (χ0v) is 7.63. The molecule has 0 saturated carbocycles. The average molecular weight is 213 g/mol. The average Bonchev–Trinajstić information content (AvgIpc) is 2.03. The normalized spacial score (nSPS) is 13.5. The van der Waals surface area contributed by atoms with Crippen LogP contribution in [0.15, 0.2) is 0 Å². The number of amides is 1. The first-order valence-electron chi connectivity index (χ1n) is 3.82. The number of carbonyl (C=O) groups is 2. The number of aliphatic carboxylic acids is 1. The highest BCUT2D eigenvalue weighted by Crippen LogP contribution is 2.19. The van der Waals surface area contributed by atoms with E-state index in [2.05, 4.69) is 0 Å². The Morgan fingerprint density at radius 1 is 1.43 bits per heavy atom. The van der Waals surface area contributed by atoms with Crippen LogP contribution in [0.1, 0.15) is 13.8 Å². The van der Waals surface area contributed by atoms with E-state index in [9.17, 15) is 22.8 Å². The Morgan fingerprint density at radius 2 is 1.86 bits per heavy atom. The smallest absolute Gasteiger partial charge is 0.471 e. The minimum Gasteiger partial charge on any atom is -0.480 e. The van der Waals surface area contributed by atoms with Crippen LogP contribution in [-0.2, 0) is 9.59 Å². The van der Waals surface area contributed by atoms with Gasteiger partial charge in [0.05, 0.1) is 0 Å². The molecule has 1 unspecified atom stereocenters. The molecule has 0 spiro atoms. The molecule has 7 heteroatoms. The first-order valence-corrected chi connectivity index (χ1v) is 3.82. The molecule has 82 valence electrons. The summed E-state index contributed by atoms with van der Waals surface area (Å²) in [5.74, 6) is -3.60. The van der Waals surface area contributed by atoms with E-state index >= 15 is 0 Å². The van der Waals surface area contributed by atoms with E-state index in [-0.39, 0.29) is 11.4 Å². The summed E-state index contributed by atoms with van der Waals surface area (Å²) in [6, 6.07) is -1.48. The van der Waals surface area contributed by atoms with Crippen molar-refractivity contribution in [2.24, 2.45) is 0 Å². The number of rotatable bonds is 3. The summed E-state index contributed by atoms with van der Waals surface area (Å²) in [7, 11) is 0. The van der Waals surface area contributed by atoms with Crippen molar-refractivity contribution in [2.45, 2.75) is 26.1 Å². The van der Waals surface area contributed by atoms with E-state index in [0.717, 1.165) is 6.92 Å². The second kappa shape index (κ2) is 4.30. The third kappa shape index (κ3) is 2.90. The zero-order valence-electron chi connectivity index (χ0n) is 7.63. The molecule has 0 aliphatic heterocycles. The van der Waals surface area contributed by atoms with Crippen molar-refractivity contribution in [3.05, 3.63) is 0 Å². The van der Waals surface area contributed by atoms with Gasteiger partial charge in [-0.2, -0.15) is 13.2 Å². The Morgan fingerprint density at radius 3 is 2.07 bits per heavy atom. The molecule has 0 aromatic carbocycles. The van der Waals surface area contributed by atoms with Crippen LogP contribution in [0.25, 0.3) is 0 Å². The van der Waals surface area contributed by atoms with Crippen molar-refractivity contribution in [1.82, 2.24) is 4.90 Å². The maximum atomic E-state index is 11.9. The second-order valence-electron chi connectivity index (χ2n) is 2.60. The quantitative estimate of drug-likeness (QED) is 0.756. The molecule has 0 aromatic rings. The molecule has 0 aromatic heterocycles. The highest BCUT2D eigenvalue weighted by Gasteiger charge is 2.44. The summed E-state index contributed by atoms with van der Waals surface area (Å²) < 4.78 is 35.8. The highest BCUT2D eigenvalue weighted by molar-refractivity contribution is 5.86. The molecule has 4 nitrogen and oxygen atoms in total. The van der Waals surface area contributed by atoms with E-state index < -0.39 is 24.1 Å². The van der Waals surface area contributed by atoms with Crippen LogP contribution in [0.3, 0.4) is 0 Å². The van der Waals surface area contributed by atoms with Crippen LogP contribution in [0.4, 0.5) is 13.2 Å². The molecule has 0 saturated heterocycles. The van der Waals surface area contributed by atoms with Crippen LogP contribution in [0, 0.1) is 0 Å². The van der Waals surface area contributed by atoms with E-state index in [1.807, 2.05) is 0 Å². The Hall–Kier alpha value is -1.27. The van der Waals surface area contributed by atoms with Crippen molar-refractivity contribution in [2.75, 3.05) is 6.54 Å². The molecule has 0 aliphatic carbocycles. The van der Waals surface area contributed by atoms with Crippen molar-refractivity contribution >= 4 is 11.9 Å². The minimum absolute atomic E-state index is 0.252. The lowest BCUT2D eigenvalue weighted by Crippen LogP contribution is -2.48. The molecule has 0 rings (SSSR count). The molecular formula is C7H10F3NO3. The fourth-order valence-electron chi connectivity index (χ4n) is 0.889. The van der Waals surface area contributed by atoms with Gasteiger partial charge in [-0.25, -0.2) is 4.79 Å². The van der Waals surface area contributed by atoms with Gasteiger partial charge >= 0.3 is 18.1 Å². The number of alkyl halides is 3. The largest absolute Gasteiger partial charge is 0.480 e. The first-order chi connectivity index (χ1) is 6.21. The predicted molar refractivity (Wildman–Crippen MR) is 40.5 cm³/mol. The summed E-state index contributed by atoms with van der Waals surface area (Å²) in [5, 5.41) is 8.44. The minimum atomic E-state index is -5.03. The summed E-state index contributed by atoms with van der Waals surface area (Å²) in [4.78, 5) is 21.3. The van der Waals surface area contributed by atoms with Gasteiger partial charge in [-0.3, -0.25) is 4.79 Å². The Bertz CT molecular complexity index is 239. The zero-order chi connectivity index (χ0) is 11.5. The molecule has 1 N–H and O–H groups in total. The van der Waals surface area contributed by atoms with Crippen LogP contribution in [-0.4, -0.2) is 40.6 Å². The topological polar surface area (TPSA) is 57.6 Å². The highest BCUT2D eigenvalue weighted by atomic mass is 19.4. The second-order valence-corrected chi connectivity index (χ2v) is 2.60. The Labute approximate surface area is 78.3 Å². The van der Waals surface area contributed by atoms with Gasteiger partial charge in [0.2, 0.25) is 0 Å². The molecule has 1 atom stereocenters. The van der Waals surface area contributed by atoms with E-state index in [4.69, 9.17) is 5.11 Å². The molecular weight excluding hydrogens is 203 g/mol. The summed E-state index contributed by atoms with van der Waals surface area (Å²) in [5.41, 5.74) is 0. The number of carboxylic acids is 1. The molecule has 0 radical (unpaired) electrons. The number of hydrogen-bond donors (Lipinski definition) is 1. The van der Waals surface area contributed by atoms with Gasteiger partial charge < -0.3 is 10.0 Å². The molecule has 0 aliphatic rings. The van der Waals surface area contributed by atoms with Crippen molar-refractivity contribution in [1.29, 1.82) is 0 Å². The van der Waals surface area contributed by atoms with E-state index in [0.29, 0.717) is 0 Å². The number of carbonyl (C=O) groups excluding carboxylic acids is 1. The van der Waals surface area contributed by atoms with Crippen LogP contribution in [0.5, 0.6) is 0 Å². The van der Waals surface area contributed by atoms with Gasteiger partial charge in [0.15, 0.2) is 0 Å². The fourth-order valence-corrected chi connectivity index (χ4v) is 0.889. The van der Waals surface area contributed by atoms with Gasteiger partial charge in [0.1, 0.15) is 6.04 Å². The third-order valence-electron chi connectivity index (χ3n) is 1.67. The van der Waals surface area contributed by atoms with Crippen molar-refractivity contribution < 1.29 is 27.9 Å². The van der Waals surface area contributed by atoms with Crippen LogP contribution >= 0.6 is 0 Å². The monoisotopic (exact) mass is 213 g/mol. The van der Waals surface area contributed by atoms with E-state index in [1.165, 1.54) is 6.92 Å². The summed E-state index contributed by atoms with van der Waals surface area (Å²) in [6.07, 6.45) is -5.03. The predicted octanol–water partition coefficient (Wildman–Crippen LogP) is 0.870. The van der Waals surface area contributed by atoms with Crippen molar-refractivity contribution in [3.63, 3.8) is 0 Å². The van der Waals surface area contributed by atoms with Gasteiger partial charge in [-0.05, 0) is 13.8 Å². The van der Waals surface area contributed by atoms with Gasteiger partial charge in [-0.1, -0.05) is 0 Å². The van der Waals surface area contributed by atoms with E-state index in [1.54, 1.807) is 0 Å². The standard InChI is InChI=1S/C7H10F3NO3/c1-3-11(4(2)5(12)13)6(14)7(8,9)10/h4H,3H2,1-2H3,(H,12,13). The SMILES string of the molecule is CCN(C(=O)C(F)(F)F)C(C)C(=O)O. The number of hydrogen-bond acceptors (Lipinski definition) is 2. The van der Waals surface area contributed by atoms with Gasteiger partial charge in [0.25, 0.3) is 0 Å². The number of halogens is 3. The van der Waals surface area contributed by atoms with Gasteiger partial charge in [-0.15, -0.1) is 0 Å². The maximum Gasteiger partial charge on any atom is 0.471 e. The van der Waals surface area contributed by atoms with Crippen LogP contribution < -0.4 is 0 Å². The maximum absolute atomic E-state index is 11.9. The third-order valence-corrected chi connectivity index (χ3v) is 1.67. The lowest BCUT2D eigenvalue weighted by Gasteiger charge is -2.25. The first kappa shape index (κ1) is 12.7. The number of carboxylic acid groups (broad SMARTS) is 1. The number of likely N-dealkylation sites (N-methyl/N-ethyl adjacent to an activating group) is 1. The number of nitrogens with zero attached hydrogens (tertiary/aromatic N) is 1. The van der Waals surface area contributed by atoms with Gasteiger partial charge in [0, 0.05) is 6.54 Å². The lowest BCUT2D eigenvalue weighted by atomic mass is 10.2. The summed E-state index contributed by atoms with van der Waals surface area (Å²) >= 11 is 0. The molecule has 14 heavy (non-hydrogen) atoms. The molecule has 0 heterocycles.